The molecule has 4 nitrogen and oxygen atoms in total. The normalized spacial score (nSPS) is 11.7. The minimum atomic E-state index is -4.36. The van der Waals surface area contributed by atoms with E-state index in [2.05, 4.69) is 20.3 Å². The number of benzene rings is 2. The summed E-state index contributed by atoms with van der Waals surface area (Å²) in [6, 6.07) is 14.4. The molecule has 0 unspecified atom stereocenters. The van der Waals surface area contributed by atoms with Crippen molar-refractivity contribution >= 4 is 22.4 Å². The number of hydrogen-bond acceptors (Lipinski definition) is 3. The first-order chi connectivity index (χ1) is 12.5. The molecule has 0 saturated carbocycles. The van der Waals surface area contributed by atoms with E-state index < -0.39 is 11.7 Å². The van der Waals surface area contributed by atoms with Crippen LogP contribution in [-0.4, -0.2) is 15.0 Å². The molecule has 0 aliphatic carbocycles. The molecule has 2 N–H and O–H groups in total. The zero-order chi connectivity index (χ0) is 18.1. The maximum absolute atomic E-state index is 12.7. The number of alkyl halides is 3. The van der Waals surface area contributed by atoms with Crippen LogP contribution in [0, 0.1) is 0 Å². The average molecular weight is 354 g/mol. The topological polar surface area (TPSA) is 53.6 Å². The predicted molar refractivity (Wildman–Crippen MR) is 94.1 cm³/mol. The van der Waals surface area contributed by atoms with E-state index in [1.165, 1.54) is 18.5 Å². The molecule has 0 radical (unpaired) electrons. The highest BCUT2D eigenvalue weighted by Gasteiger charge is 2.30. The molecule has 0 saturated heterocycles. The summed E-state index contributed by atoms with van der Waals surface area (Å²) in [6.07, 6.45) is -1.12. The van der Waals surface area contributed by atoms with Gasteiger partial charge in [-0.25, -0.2) is 9.97 Å². The number of fused-ring (bicyclic) bond motifs is 1. The molecule has 4 aromatic rings. The van der Waals surface area contributed by atoms with Crippen molar-refractivity contribution in [2.45, 2.75) is 6.18 Å². The van der Waals surface area contributed by atoms with Crippen molar-refractivity contribution in [1.29, 1.82) is 0 Å². The molecule has 0 fully saturated rings. The summed E-state index contributed by atoms with van der Waals surface area (Å²) < 4.78 is 38.1. The Labute approximate surface area is 146 Å². The van der Waals surface area contributed by atoms with Gasteiger partial charge in [-0.05, 0) is 30.3 Å². The van der Waals surface area contributed by atoms with E-state index in [1.54, 1.807) is 6.07 Å². The summed E-state index contributed by atoms with van der Waals surface area (Å²) in [4.78, 5) is 11.5. The van der Waals surface area contributed by atoms with Crippen LogP contribution in [0.15, 0.2) is 67.1 Å². The maximum Gasteiger partial charge on any atom is 0.416 e. The van der Waals surface area contributed by atoms with E-state index in [0.29, 0.717) is 17.1 Å². The van der Waals surface area contributed by atoms with Crippen LogP contribution in [0.1, 0.15) is 5.56 Å². The molecule has 2 aromatic carbocycles. The van der Waals surface area contributed by atoms with Crippen LogP contribution in [0.2, 0.25) is 0 Å². The summed E-state index contributed by atoms with van der Waals surface area (Å²) in [5.74, 6) is 0.559. The van der Waals surface area contributed by atoms with Gasteiger partial charge in [-0.1, -0.05) is 18.2 Å². The van der Waals surface area contributed by atoms with Crippen molar-refractivity contribution in [3.8, 4) is 11.3 Å². The van der Waals surface area contributed by atoms with Gasteiger partial charge < -0.3 is 10.3 Å². The lowest BCUT2D eigenvalue weighted by Gasteiger charge is -2.09. The number of nitrogens with one attached hydrogen (secondary N) is 2. The average Bonchev–Trinajstić information content (AvgIpc) is 3.11. The number of halogens is 3. The monoisotopic (exact) mass is 354 g/mol. The van der Waals surface area contributed by atoms with Gasteiger partial charge in [0, 0.05) is 34.4 Å². The third kappa shape index (κ3) is 3.11. The highest BCUT2D eigenvalue weighted by atomic mass is 19.4. The first kappa shape index (κ1) is 16.1. The summed E-state index contributed by atoms with van der Waals surface area (Å²) >= 11 is 0. The van der Waals surface area contributed by atoms with Crippen molar-refractivity contribution in [2.75, 3.05) is 5.32 Å². The third-order valence-corrected chi connectivity index (χ3v) is 4.03. The SMILES string of the molecule is FC(F)(F)c1ccc(-c2cc(Nc3cccc4[nH]ccc34)ncn2)cc1. The Bertz CT molecular complexity index is 1050. The van der Waals surface area contributed by atoms with Crippen LogP contribution in [0.3, 0.4) is 0 Å². The molecule has 4 rings (SSSR count). The first-order valence-corrected chi connectivity index (χ1v) is 7.83. The number of aromatic amines is 1. The van der Waals surface area contributed by atoms with Gasteiger partial charge >= 0.3 is 6.18 Å². The van der Waals surface area contributed by atoms with Gasteiger partial charge in [-0.2, -0.15) is 13.2 Å². The molecule has 2 aromatic heterocycles. The Balaban J connectivity index is 1.64. The molecule has 2 heterocycles. The van der Waals surface area contributed by atoms with Gasteiger partial charge in [0.15, 0.2) is 0 Å². The molecular weight excluding hydrogens is 341 g/mol. The van der Waals surface area contributed by atoms with E-state index >= 15 is 0 Å². The smallest absolute Gasteiger partial charge is 0.361 e. The lowest BCUT2D eigenvalue weighted by Crippen LogP contribution is -2.04. The first-order valence-electron chi connectivity index (χ1n) is 7.83. The molecule has 130 valence electrons. The Kier molecular flexibility index (Phi) is 3.84. The molecule has 0 aliphatic rings. The Morgan fingerprint density at radius 3 is 2.50 bits per heavy atom. The van der Waals surface area contributed by atoms with Gasteiger partial charge in [0.05, 0.1) is 11.3 Å². The zero-order valence-electron chi connectivity index (χ0n) is 13.4. The number of anilines is 2. The fourth-order valence-electron chi connectivity index (χ4n) is 2.75. The maximum atomic E-state index is 12.7. The Morgan fingerprint density at radius 2 is 1.73 bits per heavy atom. The summed E-state index contributed by atoms with van der Waals surface area (Å²) in [5.41, 5.74) is 2.31. The minimum Gasteiger partial charge on any atom is -0.361 e. The van der Waals surface area contributed by atoms with E-state index in [1.807, 2.05) is 30.5 Å². The minimum absolute atomic E-state index is 0.539. The molecule has 0 aliphatic heterocycles. The van der Waals surface area contributed by atoms with Gasteiger partial charge in [0.1, 0.15) is 12.1 Å². The van der Waals surface area contributed by atoms with Crippen LogP contribution in [-0.2, 0) is 6.18 Å². The molecule has 0 spiro atoms. The molecule has 0 amide bonds. The lowest BCUT2D eigenvalue weighted by molar-refractivity contribution is -0.137. The molecular formula is C19H13F3N4. The molecule has 0 bridgehead atoms. The second kappa shape index (κ2) is 6.18. The van der Waals surface area contributed by atoms with Crippen molar-refractivity contribution in [1.82, 2.24) is 15.0 Å². The van der Waals surface area contributed by atoms with Crippen molar-refractivity contribution in [3.63, 3.8) is 0 Å². The van der Waals surface area contributed by atoms with Gasteiger partial charge in [-0.3, -0.25) is 0 Å². The predicted octanol–water partition coefficient (Wildman–Crippen LogP) is 5.39. The van der Waals surface area contributed by atoms with Gasteiger partial charge in [0.2, 0.25) is 0 Å². The number of hydrogen-bond donors (Lipinski definition) is 2. The molecule has 0 atom stereocenters. The summed E-state index contributed by atoms with van der Waals surface area (Å²) in [7, 11) is 0. The zero-order valence-corrected chi connectivity index (χ0v) is 13.4. The second-order valence-corrected chi connectivity index (χ2v) is 5.73. The van der Waals surface area contributed by atoms with E-state index in [0.717, 1.165) is 28.7 Å². The van der Waals surface area contributed by atoms with Crippen LogP contribution < -0.4 is 5.32 Å². The van der Waals surface area contributed by atoms with Crippen molar-refractivity contribution in [3.05, 3.63) is 72.7 Å². The second-order valence-electron chi connectivity index (χ2n) is 5.73. The quantitative estimate of drug-likeness (QED) is 0.519. The summed E-state index contributed by atoms with van der Waals surface area (Å²) in [6.45, 7) is 0. The number of H-pyrrole nitrogens is 1. The molecule has 7 heteroatoms. The fraction of sp³-hybridized carbons (Fsp3) is 0.0526. The standard InChI is InChI=1S/C19H13F3N4/c20-19(21,22)13-6-4-12(5-7-13)17-10-18(25-11-24-17)26-16-3-1-2-15-14(16)8-9-23-15/h1-11,23H,(H,24,25,26). The Morgan fingerprint density at radius 1 is 0.923 bits per heavy atom. The van der Waals surface area contributed by atoms with Crippen LogP contribution in [0.5, 0.6) is 0 Å². The van der Waals surface area contributed by atoms with Crippen molar-refractivity contribution < 1.29 is 13.2 Å². The lowest BCUT2D eigenvalue weighted by atomic mass is 10.1. The van der Waals surface area contributed by atoms with Crippen LogP contribution in [0.4, 0.5) is 24.7 Å². The number of nitrogens with zero attached hydrogens (tertiary/aromatic N) is 2. The van der Waals surface area contributed by atoms with E-state index in [-0.39, 0.29) is 0 Å². The summed E-state index contributed by atoms with van der Waals surface area (Å²) in [5, 5.41) is 4.24. The van der Waals surface area contributed by atoms with Crippen LogP contribution >= 0.6 is 0 Å². The fourth-order valence-corrected chi connectivity index (χ4v) is 2.75. The van der Waals surface area contributed by atoms with Crippen molar-refractivity contribution in [2.24, 2.45) is 0 Å². The highest BCUT2D eigenvalue weighted by molar-refractivity contribution is 5.93. The van der Waals surface area contributed by atoms with Crippen LogP contribution in [0.25, 0.3) is 22.2 Å². The Hall–Kier alpha value is -3.35. The van der Waals surface area contributed by atoms with E-state index in [4.69, 9.17) is 0 Å². The van der Waals surface area contributed by atoms with Gasteiger partial charge in [0.25, 0.3) is 0 Å². The highest BCUT2D eigenvalue weighted by Crippen LogP contribution is 2.31. The number of aromatic nitrogens is 3. The van der Waals surface area contributed by atoms with Gasteiger partial charge in [-0.15, -0.1) is 0 Å². The largest absolute Gasteiger partial charge is 0.416 e. The third-order valence-electron chi connectivity index (χ3n) is 4.03. The molecule has 26 heavy (non-hydrogen) atoms. The number of rotatable bonds is 3. The van der Waals surface area contributed by atoms with E-state index in [9.17, 15) is 13.2 Å².